The van der Waals surface area contributed by atoms with E-state index in [4.69, 9.17) is 16.0 Å². The first-order valence-electron chi connectivity index (χ1n) is 5.80. The molecule has 8 heteroatoms. The van der Waals surface area contributed by atoms with E-state index in [0.29, 0.717) is 23.1 Å². The highest BCUT2D eigenvalue weighted by atomic mass is 35.5. The number of nitrogens with zero attached hydrogens (tertiary/aromatic N) is 1. The Hall–Kier alpha value is -1.57. The van der Waals surface area contributed by atoms with Gasteiger partial charge in [0.2, 0.25) is 5.09 Å². The van der Waals surface area contributed by atoms with Crippen LogP contribution in [0.15, 0.2) is 33.9 Å². The Kier molecular flexibility index (Phi) is 4.32. The molecule has 0 aliphatic heterocycles. The van der Waals surface area contributed by atoms with Crippen LogP contribution in [-0.4, -0.2) is 20.4 Å². The summed E-state index contributed by atoms with van der Waals surface area (Å²) in [4.78, 5) is 4.02. The molecular formula is C12H14ClN3O3S. The van der Waals surface area contributed by atoms with Gasteiger partial charge < -0.3 is 9.73 Å². The molecule has 2 rings (SSSR count). The van der Waals surface area contributed by atoms with E-state index in [-0.39, 0.29) is 5.09 Å². The molecule has 0 aromatic carbocycles. The molecule has 0 spiro atoms. The molecule has 0 amide bonds. The zero-order valence-electron chi connectivity index (χ0n) is 11.0. The van der Waals surface area contributed by atoms with Crippen molar-refractivity contribution in [3.63, 3.8) is 0 Å². The van der Waals surface area contributed by atoms with E-state index in [1.165, 1.54) is 13.1 Å². The minimum atomic E-state index is -3.56. The molecule has 2 N–H and O–H groups in total. The molecule has 0 aliphatic rings. The number of aromatic nitrogens is 1. The van der Waals surface area contributed by atoms with Crippen LogP contribution >= 0.6 is 11.6 Å². The number of hydrogen-bond donors (Lipinski definition) is 2. The first-order chi connectivity index (χ1) is 9.42. The van der Waals surface area contributed by atoms with E-state index in [0.717, 1.165) is 5.56 Å². The normalized spacial score (nSPS) is 11.6. The van der Waals surface area contributed by atoms with Crippen LogP contribution in [0.1, 0.15) is 11.3 Å². The number of rotatable bonds is 5. The third kappa shape index (κ3) is 3.30. The van der Waals surface area contributed by atoms with Gasteiger partial charge in [0.25, 0.3) is 10.0 Å². The Bertz CT molecular complexity index is 712. The molecule has 0 saturated carbocycles. The van der Waals surface area contributed by atoms with Gasteiger partial charge in [0, 0.05) is 6.20 Å². The monoisotopic (exact) mass is 315 g/mol. The third-order valence-corrected chi connectivity index (χ3v) is 4.19. The molecule has 20 heavy (non-hydrogen) atoms. The zero-order chi connectivity index (χ0) is 14.8. The van der Waals surface area contributed by atoms with Crippen molar-refractivity contribution >= 4 is 27.3 Å². The van der Waals surface area contributed by atoms with Crippen molar-refractivity contribution in [2.75, 3.05) is 12.4 Å². The van der Waals surface area contributed by atoms with Crippen molar-refractivity contribution in [3.8, 4) is 0 Å². The Labute approximate surface area is 122 Å². The molecule has 2 aromatic heterocycles. The number of nitrogens with one attached hydrogen (secondary N) is 2. The van der Waals surface area contributed by atoms with E-state index in [9.17, 15) is 8.42 Å². The number of halogens is 1. The summed E-state index contributed by atoms with van der Waals surface area (Å²) in [5.74, 6) is 0.483. The predicted molar refractivity (Wildman–Crippen MR) is 76.3 cm³/mol. The summed E-state index contributed by atoms with van der Waals surface area (Å²) in [6.07, 6.45) is 1.66. The van der Waals surface area contributed by atoms with Crippen LogP contribution in [0.25, 0.3) is 0 Å². The van der Waals surface area contributed by atoms with Gasteiger partial charge in [-0.1, -0.05) is 11.6 Å². The highest BCUT2D eigenvalue weighted by Gasteiger charge is 2.16. The average molecular weight is 316 g/mol. The van der Waals surface area contributed by atoms with Gasteiger partial charge >= 0.3 is 0 Å². The van der Waals surface area contributed by atoms with Crippen LogP contribution < -0.4 is 10.0 Å². The molecule has 2 heterocycles. The number of furan rings is 1. The minimum Gasteiger partial charge on any atom is -0.446 e. The summed E-state index contributed by atoms with van der Waals surface area (Å²) in [7, 11) is -2.23. The summed E-state index contributed by atoms with van der Waals surface area (Å²) >= 11 is 5.95. The van der Waals surface area contributed by atoms with Gasteiger partial charge in [-0.15, -0.1) is 0 Å². The molecule has 2 aromatic rings. The average Bonchev–Trinajstić information content (AvgIpc) is 2.89. The fraction of sp³-hybridized carbons (Fsp3) is 0.250. The lowest BCUT2D eigenvalue weighted by Crippen LogP contribution is -2.17. The second kappa shape index (κ2) is 5.82. The Morgan fingerprint density at radius 1 is 1.40 bits per heavy atom. The van der Waals surface area contributed by atoms with Gasteiger partial charge in [0.15, 0.2) is 5.15 Å². The lowest BCUT2D eigenvalue weighted by Gasteiger charge is -2.06. The maximum Gasteiger partial charge on any atom is 0.273 e. The lowest BCUT2D eigenvalue weighted by atomic mass is 10.3. The predicted octanol–water partition coefficient (Wildman–Crippen LogP) is 2.16. The number of hydrogen-bond acceptors (Lipinski definition) is 5. The quantitative estimate of drug-likeness (QED) is 0.826. The Balaban J connectivity index is 2.10. The summed E-state index contributed by atoms with van der Waals surface area (Å²) in [6, 6.07) is 4.84. The van der Waals surface area contributed by atoms with Gasteiger partial charge in [0.1, 0.15) is 5.76 Å². The molecule has 108 valence electrons. The molecule has 0 fully saturated rings. The van der Waals surface area contributed by atoms with Crippen molar-refractivity contribution in [2.24, 2.45) is 0 Å². The standard InChI is InChI=1S/C12H14ClN3O3S/c1-8-5-10(12(13)16-6-8)15-7-9-3-4-11(19-9)20(17,18)14-2/h3-6,14-15H,7H2,1-2H3. The first kappa shape index (κ1) is 14.8. The minimum absolute atomic E-state index is 0.120. The number of anilines is 1. The van der Waals surface area contributed by atoms with Gasteiger partial charge in [-0.25, -0.2) is 18.1 Å². The summed E-state index contributed by atoms with van der Waals surface area (Å²) in [5.41, 5.74) is 1.64. The number of pyridine rings is 1. The van der Waals surface area contributed by atoms with Crippen molar-refractivity contribution in [1.29, 1.82) is 0 Å². The van der Waals surface area contributed by atoms with Crippen LogP contribution in [-0.2, 0) is 16.6 Å². The van der Waals surface area contributed by atoms with Crippen LogP contribution in [0.5, 0.6) is 0 Å². The summed E-state index contributed by atoms with van der Waals surface area (Å²) < 4.78 is 30.5. The van der Waals surface area contributed by atoms with Crippen LogP contribution in [0.2, 0.25) is 5.15 Å². The lowest BCUT2D eigenvalue weighted by molar-refractivity contribution is 0.417. The third-order valence-electron chi connectivity index (χ3n) is 2.60. The van der Waals surface area contributed by atoms with Gasteiger partial charge in [-0.3, -0.25) is 0 Å². The fourth-order valence-corrected chi connectivity index (χ4v) is 2.39. The maximum absolute atomic E-state index is 11.5. The van der Waals surface area contributed by atoms with Gasteiger partial charge in [-0.2, -0.15) is 0 Å². The molecular weight excluding hydrogens is 302 g/mol. The van der Waals surface area contributed by atoms with E-state index in [1.807, 2.05) is 13.0 Å². The van der Waals surface area contributed by atoms with Crippen molar-refractivity contribution in [3.05, 3.63) is 40.9 Å². The maximum atomic E-state index is 11.5. The van der Waals surface area contributed by atoms with Crippen molar-refractivity contribution in [2.45, 2.75) is 18.6 Å². The van der Waals surface area contributed by atoms with Gasteiger partial charge in [0.05, 0.1) is 12.2 Å². The molecule has 0 bridgehead atoms. The summed E-state index contributed by atoms with van der Waals surface area (Å²) in [5, 5.41) is 3.28. The largest absolute Gasteiger partial charge is 0.446 e. The summed E-state index contributed by atoms with van der Waals surface area (Å²) in [6.45, 7) is 2.21. The van der Waals surface area contributed by atoms with Gasteiger partial charge in [-0.05, 0) is 37.7 Å². The molecule has 0 atom stereocenters. The van der Waals surface area contributed by atoms with E-state index < -0.39 is 10.0 Å². The second-order valence-electron chi connectivity index (χ2n) is 4.13. The first-order valence-corrected chi connectivity index (χ1v) is 7.67. The highest BCUT2D eigenvalue weighted by Crippen LogP contribution is 2.21. The molecule has 0 unspecified atom stereocenters. The van der Waals surface area contributed by atoms with Crippen LogP contribution in [0.4, 0.5) is 5.69 Å². The second-order valence-corrected chi connectivity index (χ2v) is 6.31. The Morgan fingerprint density at radius 2 is 2.15 bits per heavy atom. The van der Waals surface area contributed by atoms with Crippen molar-refractivity contribution < 1.29 is 12.8 Å². The van der Waals surface area contributed by atoms with Crippen LogP contribution in [0.3, 0.4) is 0 Å². The van der Waals surface area contributed by atoms with Crippen molar-refractivity contribution in [1.82, 2.24) is 9.71 Å². The van der Waals surface area contributed by atoms with E-state index in [2.05, 4.69) is 15.0 Å². The Morgan fingerprint density at radius 3 is 2.85 bits per heavy atom. The van der Waals surface area contributed by atoms with E-state index >= 15 is 0 Å². The highest BCUT2D eigenvalue weighted by molar-refractivity contribution is 7.89. The fourth-order valence-electron chi connectivity index (χ4n) is 1.56. The number of aryl methyl sites for hydroxylation is 1. The SMILES string of the molecule is CNS(=O)(=O)c1ccc(CNc2cc(C)cnc2Cl)o1. The number of sulfonamides is 1. The van der Waals surface area contributed by atoms with Crippen LogP contribution in [0, 0.1) is 6.92 Å². The zero-order valence-corrected chi connectivity index (χ0v) is 12.5. The molecule has 6 nitrogen and oxygen atoms in total. The smallest absolute Gasteiger partial charge is 0.273 e. The molecule has 0 radical (unpaired) electrons. The van der Waals surface area contributed by atoms with E-state index in [1.54, 1.807) is 12.3 Å². The topological polar surface area (TPSA) is 84.2 Å². The molecule has 0 saturated heterocycles. The molecule has 0 aliphatic carbocycles.